The minimum absolute atomic E-state index is 0.258. The van der Waals surface area contributed by atoms with Crippen molar-refractivity contribution in [3.05, 3.63) is 42.3 Å². The third-order valence-electron chi connectivity index (χ3n) is 4.38. The number of aryl methyl sites for hydroxylation is 1. The van der Waals surface area contributed by atoms with Gasteiger partial charge in [0.1, 0.15) is 17.6 Å². The number of nitrogens with one attached hydrogen (secondary N) is 1. The first-order chi connectivity index (χ1) is 13.5. The molecular formula is C18H18FN7O2. The molecule has 9 nitrogen and oxygen atoms in total. The summed E-state index contributed by atoms with van der Waals surface area (Å²) < 4.78 is 20.0. The number of hydrogen-bond acceptors (Lipinski definition) is 7. The molecule has 28 heavy (non-hydrogen) atoms. The van der Waals surface area contributed by atoms with Crippen LogP contribution in [0.1, 0.15) is 0 Å². The van der Waals surface area contributed by atoms with E-state index in [2.05, 4.69) is 25.7 Å². The molecule has 0 saturated carbocycles. The van der Waals surface area contributed by atoms with Crippen LogP contribution in [-0.4, -0.2) is 57.5 Å². The van der Waals surface area contributed by atoms with E-state index >= 15 is 0 Å². The van der Waals surface area contributed by atoms with Gasteiger partial charge in [0.2, 0.25) is 5.82 Å². The van der Waals surface area contributed by atoms with Crippen molar-refractivity contribution in [2.75, 3.05) is 25.0 Å². The molecule has 3 aromatic rings. The first-order valence-electron chi connectivity index (χ1n) is 8.68. The van der Waals surface area contributed by atoms with Crippen LogP contribution >= 0.6 is 0 Å². The van der Waals surface area contributed by atoms with E-state index in [0.717, 1.165) is 0 Å². The van der Waals surface area contributed by atoms with Crippen molar-refractivity contribution in [3.63, 3.8) is 0 Å². The van der Waals surface area contributed by atoms with Gasteiger partial charge in [0, 0.05) is 23.9 Å². The van der Waals surface area contributed by atoms with E-state index in [1.807, 2.05) is 0 Å². The second-order valence-electron chi connectivity index (χ2n) is 6.37. The van der Waals surface area contributed by atoms with E-state index in [1.54, 1.807) is 44.6 Å². The van der Waals surface area contributed by atoms with Crippen molar-refractivity contribution < 1.29 is 13.9 Å². The van der Waals surface area contributed by atoms with Gasteiger partial charge in [-0.1, -0.05) is 6.07 Å². The number of ether oxygens (including phenoxy) is 1. The number of hydrogen-bond donors (Lipinski definition) is 1. The summed E-state index contributed by atoms with van der Waals surface area (Å²) in [4.78, 5) is 19.1. The van der Waals surface area contributed by atoms with Gasteiger partial charge in [-0.3, -0.25) is 9.88 Å². The number of halogens is 1. The molecule has 1 unspecified atom stereocenters. The first kappa shape index (κ1) is 18.0. The number of rotatable bonds is 5. The number of cyclic esters (lactones) is 1. The number of pyridine rings is 1. The first-order valence-corrected chi connectivity index (χ1v) is 8.68. The molecule has 4 rings (SSSR count). The Morgan fingerprint density at radius 2 is 2.18 bits per heavy atom. The number of carbonyl (C=O) groups is 1. The van der Waals surface area contributed by atoms with Crippen molar-refractivity contribution in [3.8, 4) is 22.6 Å². The fourth-order valence-corrected chi connectivity index (χ4v) is 3.04. The monoisotopic (exact) mass is 383 g/mol. The van der Waals surface area contributed by atoms with Crippen LogP contribution in [0.25, 0.3) is 22.6 Å². The Hall–Kier alpha value is -3.40. The SMILES string of the molecule is CNCC1CN(c2ccc(-c3ccc(-c4nnn(C)n4)nc3)c(F)c2)C(=O)O1. The largest absolute Gasteiger partial charge is 0.443 e. The Bertz CT molecular complexity index is 1010. The number of amides is 1. The highest BCUT2D eigenvalue weighted by Crippen LogP contribution is 2.29. The summed E-state index contributed by atoms with van der Waals surface area (Å²) in [6.07, 6.45) is 0.818. The molecule has 10 heteroatoms. The van der Waals surface area contributed by atoms with Crippen LogP contribution < -0.4 is 10.2 Å². The standard InChI is InChI=1S/C18H18FN7O2/c1-20-9-13-10-26(18(27)28-13)12-4-5-14(15(19)7-12)11-3-6-16(21-8-11)17-22-24-25(2)23-17/h3-8,13,20H,9-10H2,1-2H3. The molecule has 0 radical (unpaired) electrons. The summed E-state index contributed by atoms with van der Waals surface area (Å²) in [7, 11) is 3.45. The van der Waals surface area contributed by atoms with Crippen molar-refractivity contribution in [1.29, 1.82) is 0 Å². The van der Waals surface area contributed by atoms with E-state index in [0.29, 0.717) is 41.4 Å². The van der Waals surface area contributed by atoms with Crippen molar-refractivity contribution in [2.24, 2.45) is 7.05 Å². The molecule has 3 heterocycles. The smallest absolute Gasteiger partial charge is 0.414 e. The van der Waals surface area contributed by atoms with Crippen LogP contribution in [-0.2, 0) is 11.8 Å². The number of likely N-dealkylation sites (N-methyl/N-ethyl adjacent to an activating group) is 1. The van der Waals surface area contributed by atoms with Crippen molar-refractivity contribution in [1.82, 2.24) is 30.5 Å². The maximum Gasteiger partial charge on any atom is 0.414 e. The van der Waals surface area contributed by atoms with Crippen molar-refractivity contribution in [2.45, 2.75) is 6.10 Å². The fraction of sp³-hybridized carbons (Fsp3) is 0.278. The van der Waals surface area contributed by atoms with Gasteiger partial charge in [0.15, 0.2) is 0 Å². The average Bonchev–Trinajstić information content (AvgIpc) is 3.28. The van der Waals surface area contributed by atoms with E-state index < -0.39 is 11.9 Å². The minimum atomic E-state index is -0.477. The number of benzene rings is 1. The van der Waals surface area contributed by atoms with Crippen LogP contribution in [0.15, 0.2) is 36.5 Å². The third kappa shape index (κ3) is 3.41. The Balaban J connectivity index is 1.56. The number of aromatic nitrogens is 5. The molecule has 0 bridgehead atoms. The highest BCUT2D eigenvalue weighted by atomic mass is 19.1. The summed E-state index contributed by atoms with van der Waals surface area (Å²) in [5.41, 5.74) is 1.99. The zero-order valence-electron chi connectivity index (χ0n) is 15.3. The quantitative estimate of drug-likeness (QED) is 0.715. The van der Waals surface area contributed by atoms with Gasteiger partial charge >= 0.3 is 6.09 Å². The second-order valence-corrected chi connectivity index (χ2v) is 6.37. The van der Waals surface area contributed by atoms with Crippen LogP contribution in [0.4, 0.5) is 14.9 Å². The van der Waals surface area contributed by atoms with E-state index in [9.17, 15) is 9.18 Å². The minimum Gasteiger partial charge on any atom is -0.443 e. The van der Waals surface area contributed by atoms with Crippen LogP contribution in [0.3, 0.4) is 0 Å². The Morgan fingerprint density at radius 3 is 2.82 bits per heavy atom. The lowest BCUT2D eigenvalue weighted by Crippen LogP contribution is -2.29. The molecule has 1 fully saturated rings. The van der Waals surface area contributed by atoms with E-state index in [-0.39, 0.29) is 6.10 Å². The summed E-state index contributed by atoms with van der Waals surface area (Å²) in [6, 6.07) is 8.10. The molecule has 0 spiro atoms. The predicted molar refractivity (Wildman–Crippen MR) is 99.0 cm³/mol. The third-order valence-corrected chi connectivity index (χ3v) is 4.38. The van der Waals surface area contributed by atoms with Gasteiger partial charge < -0.3 is 10.1 Å². The zero-order valence-corrected chi connectivity index (χ0v) is 15.3. The highest BCUT2D eigenvalue weighted by Gasteiger charge is 2.32. The van der Waals surface area contributed by atoms with Gasteiger partial charge in [-0.2, -0.15) is 4.80 Å². The predicted octanol–water partition coefficient (Wildman–Crippen LogP) is 1.62. The topological polar surface area (TPSA) is 98.1 Å². The lowest BCUT2D eigenvalue weighted by Gasteiger charge is -2.14. The maximum absolute atomic E-state index is 14.7. The summed E-state index contributed by atoms with van der Waals surface area (Å²) in [5.74, 6) is -0.0527. The number of nitrogens with zero attached hydrogens (tertiary/aromatic N) is 6. The van der Waals surface area contributed by atoms with Gasteiger partial charge in [0.25, 0.3) is 0 Å². The molecule has 1 aliphatic rings. The fourth-order valence-electron chi connectivity index (χ4n) is 3.04. The van der Waals surface area contributed by atoms with Gasteiger partial charge in [-0.15, -0.1) is 10.2 Å². The maximum atomic E-state index is 14.7. The molecule has 1 aromatic carbocycles. The molecule has 1 saturated heterocycles. The molecular weight excluding hydrogens is 365 g/mol. The average molecular weight is 383 g/mol. The molecule has 2 aromatic heterocycles. The molecule has 0 aliphatic carbocycles. The summed E-state index contributed by atoms with van der Waals surface area (Å²) in [6.45, 7) is 0.918. The van der Waals surface area contributed by atoms with Crippen LogP contribution in [0.2, 0.25) is 0 Å². The van der Waals surface area contributed by atoms with Crippen molar-refractivity contribution >= 4 is 11.8 Å². The molecule has 144 valence electrons. The summed E-state index contributed by atoms with van der Waals surface area (Å²) in [5, 5.41) is 14.7. The summed E-state index contributed by atoms with van der Waals surface area (Å²) >= 11 is 0. The molecule has 1 atom stereocenters. The Morgan fingerprint density at radius 1 is 1.32 bits per heavy atom. The normalized spacial score (nSPS) is 16.5. The van der Waals surface area contributed by atoms with Crippen LogP contribution in [0, 0.1) is 5.82 Å². The zero-order chi connectivity index (χ0) is 19.7. The van der Waals surface area contributed by atoms with Gasteiger partial charge in [-0.25, -0.2) is 9.18 Å². The molecule has 1 amide bonds. The highest BCUT2D eigenvalue weighted by molar-refractivity contribution is 5.90. The second kappa shape index (κ2) is 7.31. The van der Waals surface area contributed by atoms with Gasteiger partial charge in [-0.05, 0) is 36.5 Å². The van der Waals surface area contributed by atoms with Crippen LogP contribution in [0.5, 0.6) is 0 Å². The lowest BCUT2D eigenvalue weighted by molar-refractivity contribution is 0.141. The Labute approximate surface area is 160 Å². The number of tetrazole rings is 1. The van der Waals surface area contributed by atoms with E-state index in [1.165, 1.54) is 15.8 Å². The van der Waals surface area contributed by atoms with E-state index in [4.69, 9.17) is 4.74 Å². The lowest BCUT2D eigenvalue weighted by atomic mass is 10.1. The number of anilines is 1. The molecule has 1 aliphatic heterocycles. The van der Waals surface area contributed by atoms with Gasteiger partial charge in [0.05, 0.1) is 19.3 Å². The molecule has 1 N–H and O–H groups in total. The Kier molecular flexibility index (Phi) is 4.70. The number of carbonyl (C=O) groups excluding carboxylic acids is 1.